The molecule has 1 aliphatic heterocycles. The Labute approximate surface area is 138 Å². The van der Waals surface area contributed by atoms with Gasteiger partial charge in [-0.25, -0.2) is 0 Å². The predicted molar refractivity (Wildman–Crippen MR) is 93.4 cm³/mol. The number of hydrogen-bond acceptors (Lipinski definition) is 4. The maximum Gasteiger partial charge on any atom is 0.138 e. The fourth-order valence-corrected chi connectivity index (χ4v) is 3.46. The average molecular weight is 313 g/mol. The normalized spacial score (nSPS) is 15.7. The van der Waals surface area contributed by atoms with Gasteiger partial charge in [0.05, 0.1) is 5.69 Å². The zero-order chi connectivity index (χ0) is 16.4. The molecule has 124 valence electrons. The van der Waals surface area contributed by atoms with Crippen LogP contribution in [0, 0.1) is 13.8 Å². The van der Waals surface area contributed by atoms with Crippen LogP contribution in [-0.4, -0.2) is 16.1 Å². The number of fused-ring (bicyclic) bond motifs is 1. The Kier molecular flexibility index (Phi) is 4.71. The molecule has 0 aliphatic carbocycles. The molecule has 0 saturated carbocycles. The SMILES string of the molecule is CCC[C@@H](C)N1Cc2cccc(NCc3c(C)noc3C)c2C1. The Morgan fingerprint density at radius 2 is 2.13 bits per heavy atom. The molecule has 0 spiro atoms. The molecule has 0 unspecified atom stereocenters. The lowest BCUT2D eigenvalue weighted by Gasteiger charge is -2.23. The number of nitrogens with zero attached hydrogens (tertiary/aromatic N) is 2. The summed E-state index contributed by atoms with van der Waals surface area (Å²) in [6.07, 6.45) is 2.50. The Balaban J connectivity index is 1.73. The molecule has 0 bridgehead atoms. The minimum atomic E-state index is 0.641. The lowest BCUT2D eigenvalue weighted by Crippen LogP contribution is -2.27. The van der Waals surface area contributed by atoms with Gasteiger partial charge in [0.1, 0.15) is 5.76 Å². The summed E-state index contributed by atoms with van der Waals surface area (Å²) in [6.45, 7) is 11.4. The summed E-state index contributed by atoms with van der Waals surface area (Å²) in [4.78, 5) is 2.58. The van der Waals surface area contributed by atoms with Crippen molar-refractivity contribution < 1.29 is 4.52 Å². The van der Waals surface area contributed by atoms with E-state index < -0.39 is 0 Å². The van der Waals surface area contributed by atoms with Crippen LogP contribution in [0.3, 0.4) is 0 Å². The number of benzene rings is 1. The van der Waals surface area contributed by atoms with Gasteiger partial charge in [0.25, 0.3) is 0 Å². The van der Waals surface area contributed by atoms with E-state index in [1.54, 1.807) is 0 Å². The fraction of sp³-hybridized carbons (Fsp3) is 0.526. The molecule has 1 atom stereocenters. The van der Waals surface area contributed by atoms with Crippen molar-refractivity contribution >= 4 is 5.69 Å². The molecule has 3 rings (SSSR count). The lowest BCUT2D eigenvalue weighted by molar-refractivity contribution is 0.202. The number of aromatic nitrogens is 1. The van der Waals surface area contributed by atoms with Crippen molar-refractivity contribution in [3.63, 3.8) is 0 Å². The third-order valence-electron chi connectivity index (χ3n) is 4.97. The molecule has 2 aromatic rings. The number of rotatable bonds is 6. The summed E-state index contributed by atoms with van der Waals surface area (Å²) < 4.78 is 5.25. The third kappa shape index (κ3) is 3.27. The van der Waals surface area contributed by atoms with Gasteiger partial charge in [-0.1, -0.05) is 30.6 Å². The first-order chi connectivity index (χ1) is 11.1. The molecule has 1 aromatic heterocycles. The second-order valence-corrected chi connectivity index (χ2v) is 6.64. The molecule has 1 aromatic carbocycles. The molecule has 0 amide bonds. The Hall–Kier alpha value is -1.81. The van der Waals surface area contributed by atoms with E-state index in [9.17, 15) is 0 Å². The fourth-order valence-electron chi connectivity index (χ4n) is 3.46. The number of aryl methyl sites for hydroxylation is 2. The van der Waals surface area contributed by atoms with Gasteiger partial charge in [-0.2, -0.15) is 0 Å². The van der Waals surface area contributed by atoms with Crippen molar-refractivity contribution in [1.29, 1.82) is 0 Å². The summed E-state index contributed by atoms with van der Waals surface area (Å²) in [6, 6.07) is 7.24. The van der Waals surface area contributed by atoms with Crippen LogP contribution in [0.25, 0.3) is 0 Å². The van der Waals surface area contributed by atoms with Crippen molar-refractivity contribution in [2.24, 2.45) is 0 Å². The van der Waals surface area contributed by atoms with E-state index in [-0.39, 0.29) is 0 Å². The van der Waals surface area contributed by atoms with Crippen LogP contribution in [0.15, 0.2) is 22.7 Å². The topological polar surface area (TPSA) is 41.3 Å². The molecular formula is C19H27N3O. The zero-order valence-corrected chi connectivity index (χ0v) is 14.6. The van der Waals surface area contributed by atoms with Crippen LogP contribution >= 0.6 is 0 Å². The van der Waals surface area contributed by atoms with E-state index in [1.807, 2.05) is 13.8 Å². The van der Waals surface area contributed by atoms with Crippen molar-refractivity contribution in [3.05, 3.63) is 46.3 Å². The number of anilines is 1. The summed E-state index contributed by atoms with van der Waals surface area (Å²) >= 11 is 0. The molecule has 4 nitrogen and oxygen atoms in total. The first-order valence-electron chi connectivity index (χ1n) is 8.60. The van der Waals surface area contributed by atoms with E-state index in [0.29, 0.717) is 6.04 Å². The molecular weight excluding hydrogens is 286 g/mol. The van der Waals surface area contributed by atoms with E-state index in [2.05, 4.69) is 47.4 Å². The predicted octanol–water partition coefficient (Wildman–Crippen LogP) is 4.41. The number of nitrogens with one attached hydrogen (secondary N) is 1. The smallest absolute Gasteiger partial charge is 0.138 e. The van der Waals surface area contributed by atoms with Crippen LogP contribution in [-0.2, 0) is 19.6 Å². The molecule has 2 heterocycles. The van der Waals surface area contributed by atoms with E-state index >= 15 is 0 Å². The number of hydrogen-bond donors (Lipinski definition) is 1. The van der Waals surface area contributed by atoms with Crippen LogP contribution in [0.4, 0.5) is 5.69 Å². The van der Waals surface area contributed by atoms with Crippen LogP contribution in [0.5, 0.6) is 0 Å². The molecule has 0 fully saturated rings. The van der Waals surface area contributed by atoms with E-state index in [0.717, 1.165) is 36.7 Å². The molecule has 23 heavy (non-hydrogen) atoms. The highest BCUT2D eigenvalue weighted by atomic mass is 16.5. The maximum absolute atomic E-state index is 5.25. The molecule has 0 radical (unpaired) electrons. The summed E-state index contributed by atoms with van der Waals surface area (Å²) in [5.74, 6) is 0.903. The van der Waals surface area contributed by atoms with Gasteiger partial charge in [0, 0.05) is 36.9 Å². The summed E-state index contributed by atoms with van der Waals surface area (Å²) in [7, 11) is 0. The Morgan fingerprint density at radius 1 is 1.30 bits per heavy atom. The average Bonchev–Trinajstić information content (AvgIpc) is 3.10. The standard InChI is InChI=1S/C19H27N3O/c1-5-7-13(2)22-11-16-8-6-9-19(18(16)12-22)20-10-17-14(3)21-23-15(17)4/h6,8-9,13,20H,5,7,10-12H2,1-4H3/t13-/m1/s1. The van der Waals surface area contributed by atoms with E-state index in [1.165, 1.54) is 29.7 Å². The Morgan fingerprint density at radius 3 is 2.83 bits per heavy atom. The summed E-state index contributed by atoms with van der Waals surface area (Å²) in [5, 5.41) is 7.63. The molecule has 1 aliphatic rings. The van der Waals surface area contributed by atoms with Crippen LogP contribution in [0.2, 0.25) is 0 Å². The van der Waals surface area contributed by atoms with Gasteiger partial charge in [0.15, 0.2) is 0 Å². The zero-order valence-electron chi connectivity index (χ0n) is 14.6. The Bertz CT molecular complexity index is 658. The molecule has 1 N–H and O–H groups in total. The van der Waals surface area contributed by atoms with Gasteiger partial charge in [-0.05, 0) is 44.4 Å². The third-order valence-corrected chi connectivity index (χ3v) is 4.97. The van der Waals surface area contributed by atoms with Gasteiger partial charge >= 0.3 is 0 Å². The first-order valence-corrected chi connectivity index (χ1v) is 8.60. The minimum Gasteiger partial charge on any atom is -0.380 e. The van der Waals surface area contributed by atoms with Crippen molar-refractivity contribution in [2.45, 2.75) is 66.2 Å². The van der Waals surface area contributed by atoms with Crippen molar-refractivity contribution in [2.75, 3.05) is 5.32 Å². The lowest BCUT2D eigenvalue weighted by atomic mass is 10.1. The second kappa shape index (κ2) is 6.75. The quantitative estimate of drug-likeness (QED) is 0.858. The summed E-state index contributed by atoms with van der Waals surface area (Å²) in [5.41, 5.74) is 6.28. The highest BCUT2D eigenvalue weighted by Gasteiger charge is 2.24. The van der Waals surface area contributed by atoms with Crippen LogP contribution < -0.4 is 5.32 Å². The molecule has 0 saturated heterocycles. The van der Waals surface area contributed by atoms with Gasteiger partial charge in [0.2, 0.25) is 0 Å². The second-order valence-electron chi connectivity index (χ2n) is 6.64. The van der Waals surface area contributed by atoms with Gasteiger partial charge in [-0.3, -0.25) is 4.90 Å². The highest BCUT2D eigenvalue weighted by Crippen LogP contribution is 2.31. The van der Waals surface area contributed by atoms with E-state index in [4.69, 9.17) is 4.52 Å². The molecule has 4 heteroatoms. The monoisotopic (exact) mass is 313 g/mol. The van der Waals surface area contributed by atoms with Gasteiger partial charge < -0.3 is 9.84 Å². The van der Waals surface area contributed by atoms with Crippen LogP contribution in [0.1, 0.15) is 54.8 Å². The highest BCUT2D eigenvalue weighted by molar-refractivity contribution is 5.56. The first kappa shape index (κ1) is 16.1. The minimum absolute atomic E-state index is 0.641. The largest absolute Gasteiger partial charge is 0.380 e. The van der Waals surface area contributed by atoms with Crippen molar-refractivity contribution in [3.8, 4) is 0 Å². The van der Waals surface area contributed by atoms with Crippen molar-refractivity contribution in [1.82, 2.24) is 10.1 Å². The maximum atomic E-state index is 5.25. The van der Waals surface area contributed by atoms with Gasteiger partial charge in [-0.15, -0.1) is 0 Å².